The second kappa shape index (κ2) is 7.28. The zero-order chi connectivity index (χ0) is 18.6. The minimum absolute atomic E-state index is 0. The molecule has 0 bridgehead atoms. The maximum absolute atomic E-state index is 12.6. The largest absolute Gasteiger partial charge is 1.00 e. The fraction of sp³-hybridized carbons (Fsp3) is 0.538. The second-order valence-electron chi connectivity index (χ2n) is 6.08. The number of carboxylic acids is 1. The van der Waals surface area contributed by atoms with Crippen molar-refractivity contribution >= 4 is 41.6 Å². The fourth-order valence-electron chi connectivity index (χ4n) is 3.11. The summed E-state index contributed by atoms with van der Waals surface area (Å²) in [6.07, 6.45) is -0.833. The van der Waals surface area contributed by atoms with Gasteiger partial charge in [-0.05, 0) is 17.4 Å². The van der Waals surface area contributed by atoms with Crippen LogP contribution in [-0.4, -0.2) is 66.5 Å². The van der Waals surface area contributed by atoms with E-state index >= 15 is 0 Å². The van der Waals surface area contributed by atoms with E-state index in [-0.39, 0.29) is 47.6 Å². The van der Waals surface area contributed by atoms with Crippen molar-refractivity contribution in [1.82, 2.24) is 25.1 Å². The summed E-state index contributed by atoms with van der Waals surface area (Å²) in [5.74, 6) is -2.28. The summed E-state index contributed by atoms with van der Waals surface area (Å²) in [6, 6.07) is 0. The van der Waals surface area contributed by atoms with Gasteiger partial charge in [-0.25, -0.2) is 9.48 Å². The van der Waals surface area contributed by atoms with E-state index in [9.17, 15) is 19.5 Å². The molecule has 3 aliphatic heterocycles. The topological polar surface area (TPSA) is 140 Å². The van der Waals surface area contributed by atoms with Crippen LogP contribution in [0.1, 0.15) is 6.92 Å². The third-order valence-electron chi connectivity index (χ3n) is 4.37. The summed E-state index contributed by atoms with van der Waals surface area (Å²) >= 11 is 2.49. The first-order valence-corrected chi connectivity index (χ1v) is 9.33. The van der Waals surface area contributed by atoms with E-state index in [2.05, 4.69) is 15.5 Å². The average Bonchev–Trinajstić information content (AvgIpc) is 3.22. The predicted octanol–water partition coefficient (Wildman–Crippen LogP) is -4.28. The van der Waals surface area contributed by atoms with Crippen LogP contribution in [0.25, 0.3) is 0 Å². The van der Waals surface area contributed by atoms with Crippen molar-refractivity contribution in [1.29, 1.82) is 0 Å². The molecular weight excluding hydrogens is 409 g/mol. The number of aromatic nitrogens is 4. The van der Waals surface area contributed by atoms with E-state index in [1.165, 1.54) is 33.1 Å². The van der Waals surface area contributed by atoms with Gasteiger partial charge in [-0.2, -0.15) is 0 Å². The van der Waals surface area contributed by atoms with Gasteiger partial charge in [0.05, 0.1) is 11.7 Å². The first kappa shape index (κ1) is 20.5. The van der Waals surface area contributed by atoms with Crippen LogP contribution in [0.2, 0.25) is 0 Å². The Kier molecular flexibility index (Phi) is 5.51. The Morgan fingerprint density at radius 2 is 2.22 bits per heavy atom. The Morgan fingerprint density at radius 3 is 2.78 bits per heavy atom. The van der Waals surface area contributed by atoms with Crippen molar-refractivity contribution in [2.24, 2.45) is 13.0 Å². The molecule has 4 rings (SSSR count). The molecule has 138 valence electrons. The molecule has 2 saturated heterocycles. The maximum atomic E-state index is 12.6. The van der Waals surface area contributed by atoms with Crippen molar-refractivity contribution in [3.8, 4) is 0 Å². The van der Waals surface area contributed by atoms with E-state index < -0.39 is 34.9 Å². The Balaban J connectivity index is 0.00000210. The molecule has 1 aromatic heterocycles. The van der Waals surface area contributed by atoms with Gasteiger partial charge in [0.25, 0.3) is 0 Å². The van der Waals surface area contributed by atoms with E-state index in [0.29, 0.717) is 10.1 Å². The van der Waals surface area contributed by atoms with Crippen LogP contribution < -0.4 is 34.7 Å². The average molecular weight is 421 g/mol. The zero-order valence-electron chi connectivity index (χ0n) is 14.6. The van der Waals surface area contributed by atoms with Crippen molar-refractivity contribution in [2.45, 2.75) is 23.1 Å². The number of hydrogen-bond acceptors (Lipinski definition) is 11. The van der Waals surface area contributed by atoms with Gasteiger partial charge < -0.3 is 19.4 Å². The number of aliphatic carboxylic acids is 1. The quantitative estimate of drug-likeness (QED) is 0.197. The van der Waals surface area contributed by atoms with Crippen LogP contribution in [0.4, 0.5) is 4.79 Å². The molecule has 27 heavy (non-hydrogen) atoms. The molecule has 0 aliphatic carbocycles. The molecule has 0 N–H and O–H groups in total. The molecule has 4 heterocycles. The standard InChI is InChI=1S/C13H13N5O6S2.Na/c1-13(4-23-12(22)24-13)6-8(19)18-7(10(20)21)5(26-9(6)18)3-25-11-14-15-16-17(11)2;/h6,9H,3-4H2,1-2H3,(H,20,21);/q;+1/p-1/t6?,9-,13?;/m1./s1. The molecule has 14 heteroatoms. The summed E-state index contributed by atoms with van der Waals surface area (Å²) in [6.45, 7) is 1.55. The number of fused-ring (bicyclic) bond motifs is 1. The van der Waals surface area contributed by atoms with Gasteiger partial charge in [-0.15, -0.1) is 16.9 Å². The van der Waals surface area contributed by atoms with Crippen LogP contribution in [-0.2, 0) is 26.1 Å². The molecule has 0 aromatic carbocycles. The number of β-lactam (4-membered cyclic amide) rings is 1. The molecule has 0 saturated carbocycles. The van der Waals surface area contributed by atoms with E-state index in [1.54, 1.807) is 14.0 Å². The maximum Gasteiger partial charge on any atom is 1.00 e. The number of rotatable bonds is 5. The van der Waals surface area contributed by atoms with Crippen LogP contribution in [0.15, 0.2) is 15.8 Å². The zero-order valence-corrected chi connectivity index (χ0v) is 18.2. The molecule has 3 atom stereocenters. The van der Waals surface area contributed by atoms with Crippen molar-refractivity contribution < 1.29 is 58.5 Å². The van der Waals surface area contributed by atoms with Gasteiger partial charge in [0, 0.05) is 17.7 Å². The molecule has 0 radical (unpaired) electrons. The Morgan fingerprint density at radius 1 is 1.48 bits per heavy atom. The monoisotopic (exact) mass is 421 g/mol. The number of amides is 1. The van der Waals surface area contributed by atoms with Gasteiger partial charge in [0.15, 0.2) is 5.60 Å². The molecule has 2 unspecified atom stereocenters. The number of cyclic esters (lactones) is 2. The van der Waals surface area contributed by atoms with E-state index in [0.717, 1.165) is 0 Å². The number of carboxylic acid groups (broad SMARTS) is 1. The molecule has 3 aliphatic rings. The summed E-state index contributed by atoms with van der Waals surface area (Å²) in [7, 11) is 1.67. The van der Waals surface area contributed by atoms with Gasteiger partial charge in [-0.3, -0.25) is 9.69 Å². The summed E-state index contributed by atoms with van der Waals surface area (Å²) in [5, 5.41) is 22.7. The minimum Gasteiger partial charge on any atom is -0.543 e. The number of aryl methyl sites for hydroxylation is 1. The van der Waals surface area contributed by atoms with Crippen molar-refractivity contribution in [2.75, 3.05) is 12.4 Å². The molecule has 2 fully saturated rings. The minimum atomic E-state index is -1.43. The Labute approximate surface area is 183 Å². The summed E-state index contributed by atoms with van der Waals surface area (Å²) in [4.78, 5) is 37.1. The molecule has 1 amide bonds. The number of carbonyl (C=O) groups excluding carboxylic acids is 3. The molecule has 1 aromatic rings. The van der Waals surface area contributed by atoms with Crippen LogP contribution >= 0.6 is 23.5 Å². The normalized spacial score (nSPS) is 29.0. The predicted molar refractivity (Wildman–Crippen MR) is 84.1 cm³/mol. The number of hydrogen-bond donors (Lipinski definition) is 0. The van der Waals surface area contributed by atoms with E-state index in [4.69, 9.17) is 9.47 Å². The molecule has 0 spiro atoms. The Hall–Kier alpha value is -1.28. The van der Waals surface area contributed by atoms with Gasteiger partial charge in [0.1, 0.15) is 17.9 Å². The molecule has 11 nitrogen and oxygen atoms in total. The van der Waals surface area contributed by atoms with Gasteiger partial charge in [0.2, 0.25) is 11.1 Å². The third kappa shape index (κ3) is 3.24. The number of tetrazole rings is 1. The van der Waals surface area contributed by atoms with Gasteiger partial charge >= 0.3 is 35.7 Å². The first-order valence-electron chi connectivity index (χ1n) is 7.47. The fourth-order valence-corrected chi connectivity index (χ4v) is 5.72. The van der Waals surface area contributed by atoms with Crippen molar-refractivity contribution in [3.63, 3.8) is 0 Å². The van der Waals surface area contributed by atoms with Crippen molar-refractivity contribution in [3.05, 3.63) is 10.6 Å². The molecular formula is C13H12N5NaO6S2. The smallest absolute Gasteiger partial charge is 0.543 e. The number of carbonyl (C=O) groups is 3. The SMILES string of the molecule is Cn1nnnc1SCC1=C(C(=O)[O-])N2C(=O)C(C3(C)COC(=O)O3)[C@H]2S1.[Na+]. The Bertz CT molecular complexity index is 862. The van der Waals surface area contributed by atoms with Gasteiger partial charge in [-0.1, -0.05) is 11.8 Å². The number of nitrogens with zero attached hydrogens (tertiary/aromatic N) is 5. The third-order valence-corrected chi connectivity index (χ3v) is 6.94. The summed E-state index contributed by atoms with van der Waals surface area (Å²) in [5.41, 5.74) is -1.27. The number of thioether (sulfide) groups is 2. The second-order valence-corrected chi connectivity index (χ2v) is 8.23. The van der Waals surface area contributed by atoms with Crippen LogP contribution in [0, 0.1) is 5.92 Å². The number of ether oxygens (including phenoxy) is 2. The summed E-state index contributed by atoms with van der Waals surface area (Å²) < 4.78 is 11.4. The van der Waals surface area contributed by atoms with Crippen LogP contribution in [0.5, 0.6) is 0 Å². The van der Waals surface area contributed by atoms with E-state index in [1.807, 2.05) is 0 Å². The van der Waals surface area contributed by atoms with Crippen LogP contribution in [0.3, 0.4) is 0 Å². The first-order chi connectivity index (χ1) is 12.3.